The maximum atomic E-state index is 8.39. The molecule has 0 aliphatic carbocycles. The molecule has 0 rings (SSSR count). The van der Waals surface area contributed by atoms with E-state index in [0.29, 0.717) is 6.61 Å². The highest BCUT2D eigenvalue weighted by molar-refractivity contribution is 6.76. The number of hydrogen-bond acceptors (Lipinski definition) is 2. The Bertz CT molecular complexity index is 91.1. The monoisotopic (exact) mass is 146 g/mol. The van der Waals surface area contributed by atoms with Gasteiger partial charge in [-0.05, 0) is 13.1 Å². The summed E-state index contributed by atoms with van der Waals surface area (Å²) >= 11 is 0. The second-order valence-corrected chi connectivity index (χ2v) is 6.28. The highest BCUT2D eigenvalue weighted by atomic mass is 28.4. The minimum Gasteiger partial charge on any atom is -0.411 e. The summed E-state index contributed by atoms with van der Waals surface area (Å²) in [5, 5.41) is 8.39. The van der Waals surface area contributed by atoms with Crippen molar-refractivity contribution >= 4 is 8.32 Å². The van der Waals surface area contributed by atoms with Crippen molar-refractivity contribution in [3.8, 4) is 0 Å². The summed E-state index contributed by atoms with van der Waals surface area (Å²) in [6, 6.07) is 0. The molecule has 0 aromatic heterocycles. The molecule has 54 valence electrons. The Balaban J connectivity index is 3.45. The molecule has 0 amide bonds. The van der Waals surface area contributed by atoms with E-state index >= 15 is 0 Å². The molecule has 0 aliphatic rings. The van der Waals surface area contributed by atoms with Crippen molar-refractivity contribution in [1.82, 2.24) is 0 Å². The standard InChI is InChI=1S/C6H14O2Si/c1-4-9(2,3)8-6-5-7/h4,7H,1,5-6H2,2-3H3. The Hall–Kier alpha value is -0.123. The van der Waals surface area contributed by atoms with Crippen molar-refractivity contribution in [3.63, 3.8) is 0 Å². The van der Waals surface area contributed by atoms with E-state index in [-0.39, 0.29) is 6.61 Å². The third-order valence-corrected chi connectivity index (χ3v) is 2.99. The van der Waals surface area contributed by atoms with Crippen LogP contribution in [0.2, 0.25) is 13.1 Å². The van der Waals surface area contributed by atoms with Gasteiger partial charge in [0.05, 0.1) is 13.2 Å². The Kier molecular flexibility index (Phi) is 3.77. The van der Waals surface area contributed by atoms with Crippen LogP contribution in [0.4, 0.5) is 0 Å². The van der Waals surface area contributed by atoms with Crippen molar-refractivity contribution in [2.75, 3.05) is 13.2 Å². The summed E-state index contributed by atoms with van der Waals surface area (Å²) in [6.45, 7) is 8.25. The van der Waals surface area contributed by atoms with Crippen LogP contribution >= 0.6 is 0 Å². The zero-order valence-electron chi connectivity index (χ0n) is 6.05. The highest BCUT2D eigenvalue weighted by Gasteiger charge is 2.15. The first kappa shape index (κ1) is 8.88. The average Bonchev–Trinajstić information content (AvgIpc) is 1.84. The number of aliphatic hydroxyl groups is 1. The average molecular weight is 146 g/mol. The van der Waals surface area contributed by atoms with Gasteiger partial charge in [0, 0.05) is 0 Å². The zero-order chi connectivity index (χ0) is 7.33. The van der Waals surface area contributed by atoms with Gasteiger partial charge in [0.1, 0.15) is 0 Å². The van der Waals surface area contributed by atoms with Crippen molar-refractivity contribution in [3.05, 3.63) is 12.3 Å². The van der Waals surface area contributed by atoms with Gasteiger partial charge in [0.2, 0.25) is 8.32 Å². The third kappa shape index (κ3) is 4.38. The van der Waals surface area contributed by atoms with Gasteiger partial charge in [0.25, 0.3) is 0 Å². The molecule has 3 heteroatoms. The first-order valence-corrected chi connectivity index (χ1v) is 5.99. The van der Waals surface area contributed by atoms with E-state index < -0.39 is 8.32 Å². The smallest absolute Gasteiger partial charge is 0.210 e. The van der Waals surface area contributed by atoms with E-state index in [1.165, 1.54) is 0 Å². The lowest BCUT2D eigenvalue weighted by Crippen LogP contribution is -2.28. The van der Waals surface area contributed by atoms with Crippen LogP contribution in [0.1, 0.15) is 0 Å². The lowest BCUT2D eigenvalue weighted by Gasteiger charge is -2.16. The maximum absolute atomic E-state index is 8.39. The van der Waals surface area contributed by atoms with Crippen LogP contribution in [0, 0.1) is 0 Å². The van der Waals surface area contributed by atoms with E-state index in [2.05, 4.69) is 6.58 Å². The molecule has 1 N–H and O–H groups in total. The second kappa shape index (κ2) is 3.82. The largest absolute Gasteiger partial charge is 0.411 e. The first-order chi connectivity index (χ1) is 4.12. The zero-order valence-corrected chi connectivity index (χ0v) is 7.05. The molecule has 0 heterocycles. The van der Waals surface area contributed by atoms with Gasteiger partial charge in [-0.15, -0.1) is 6.58 Å². The Morgan fingerprint density at radius 2 is 2.22 bits per heavy atom. The molecule has 2 nitrogen and oxygen atoms in total. The fraction of sp³-hybridized carbons (Fsp3) is 0.667. The molecule has 0 aliphatic heterocycles. The molecular formula is C6H14O2Si. The molecule has 0 aromatic rings. The van der Waals surface area contributed by atoms with Gasteiger partial charge in [-0.25, -0.2) is 0 Å². The lowest BCUT2D eigenvalue weighted by atomic mass is 10.8. The summed E-state index contributed by atoms with van der Waals surface area (Å²) in [7, 11) is -1.59. The van der Waals surface area contributed by atoms with E-state index in [9.17, 15) is 0 Å². The minimum atomic E-state index is -1.59. The molecule has 0 spiro atoms. The molecule has 0 bridgehead atoms. The van der Waals surface area contributed by atoms with E-state index in [1.807, 2.05) is 18.8 Å². The van der Waals surface area contributed by atoms with Crippen molar-refractivity contribution < 1.29 is 9.53 Å². The van der Waals surface area contributed by atoms with Gasteiger partial charge in [-0.1, -0.05) is 5.70 Å². The highest BCUT2D eigenvalue weighted by Crippen LogP contribution is 2.03. The Morgan fingerprint density at radius 3 is 2.56 bits per heavy atom. The van der Waals surface area contributed by atoms with Gasteiger partial charge in [-0.2, -0.15) is 0 Å². The van der Waals surface area contributed by atoms with E-state index in [1.54, 1.807) is 0 Å². The summed E-state index contributed by atoms with van der Waals surface area (Å²) in [6.07, 6.45) is 0. The van der Waals surface area contributed by atoms with E-state index in [4.69, 9.17) is 9.53 Å². The number of aliphatic hydroxyl groups excluding tert-OH is 1. The fourth-order valence-corrected chi connectivity index (χ4v) is 1.10. The molecule has 9 heavy (non-hydrogen) atoms. The molecule has 0 saturated carbocycles. The molecule has 0 saturated heterocycles. The summed E-state index contributed by atoms with van der Waals surface area (Å²) in [5.74, 6) is 0. The normalized spacial score (nSPS) is 11.4. The van der Waals surface area contributed by atoms with Crippen LogP contribution in [-0.4, -0.2) is 26.6 Å². The minimum absolute atomic E-state index is 0.101. The predicted octanol–water partition coefficient (Wildman–Crippen LogP) is 0.926. The molecule has 0 fully saturated rings. The predicted molar refractivity (Wildman–Crippen MR) is 40.7 cm³/mol. The van der Waals surface area contributed by atoms with Crippen LogP contribution in [0.25, 0.3) is 0 Å². The number of hydrogen-bond donors (Lipinski definition) is 1. The summed E-state index contributed by atoms with van der Waals surface area (Å²) in [4.78, 5) is 0. The van der Waals surface area contributed by atoms with Crippen LogP contribution in [0.3, 0.4) is 0 Å². The first-order valence-electron chi connectivity index (χ1n) is 3.01. The molecule has 0 atom stereocenters. The lowest BCUT2D eigenvalue weighted by molar-refractivity contribution is 0.198. The molecule has 0 unspecified atom stereocenters. The number of rotatable bonds is 4. The maximum Gasteiger partial charge on any atom is 0.210 e. The second-order valence-electron chi connectivity index (χ2n) is 2.38. The van der Waals surface area contributed by atoms with Gasteiger partial charge in [0.15, 0.2) is 0 Å². The Labute approximate surface area is 57.3 Å². The van der Waals surface area contributed by atoms with Crippen LogP contribution < -0.4 is 0 Å². The van der Waals surface area contributed by atoms with Crippen molar-refractivity contribution in [2.45, 2.75) is 13.1 Å². The summed E-state index contributed by atoms with van der Waals surface area (Å²) in [5.41, 5.74) is 1.85. The van der Waals surface area contributed by atoms with E-state index in [0.717, 1.165) is 0 Å². The molecule has 0 radical (unpaired) electrons. The van der Waals surface area contributed by atoms with Crippen LogP contribution in [0.15, 0.2) is 12.3 Å². The van der Waals surface area contributed by atoms with Crippen molar-refractivity contribution in [2.24, 2.45) is 0 Å². The Morgan fingerprint density at radius 1 is 1.67 bits per heavy atom. The molecule has 0 aromatic carbocycles. The van der Waals surface area contributed by atoms with Crippen molar-refractivity contribution in [1.29, 1.82) is 0 Å². The third-order valence-electron chi connectivity index (χ3n) is 1.06. The van der Waals surface area contributed by atoms with Crippen LogP contribution in [0.5, 0.6) is 0 Å². The molecular weight excluding hydrogens is 132 g/mol. The van der Waals surface area contributed by atoms with Gasteiger partial charge >= 0.3 is 0 Å². The van der Waals surface area contributed by atoms with Gasteiger partial charge in [-0.3, -0.25) is 0 Å². The summed E-state index contributed by atoms with van der Waals surface area (Å²) < 4.78 is 5.30. The van der Waals surface area contributed by atoms with Gasteiger partial charge < -0.3 is 9.53 Å². The quantitative estimate of drug-likeness (QED) is 0.598. The SMILES string of the molecule is C=C[Si](C)(C)OCCO. The fourth-order valence-electron chi connectivity index (χ4n) is 0.368. The van der Waals surface area contributed by atoms with Crippen LogP contribution in [-0.2, 0) is 4.43 Å². The topological polar surface area (TPSA) is 29.5 Å².